The average Bonchev–Trinajstić information content (AvgIpc) is 3.31. The molecule has 0 radical (unpaired) electrons. The van der Waals surface area contributed by atoms with Gasteiger partial charge in [-0.1, -0.05) is 12.1 Å². The molecular weight excluding hydrogens is 458 g/mol. The molecule has 13 nitrogen and oxygen atoms in total. The second-order valence-corrected chi connectivity index (χ2v) is 8.29. The number of carboxylic acid groups (broad SMARTS) is 1. The number of carboxylic acids is 1. The summed E-state index contributed by atoms with van der Waals surface area (Å²) in [6, 6.07) is 3.34. The fraction of sp³-hybridized carbons (Fsp3) is 0.500. The molecule has 192 valence electrons. The Morgan fingerprint density at radius 2 is 1.83 bits per heavy atom. The van der Waals surface area contributed by atoms with Crippen LogP contribution >= 0.6 is 0 Å². The summed E-state index contributed by atoms with van der Waals surface area (Å²) in [5.41, 5.74) is 17.3. The van der Waals surface area contributed by atoms with Gasteiger partial charge in [0, 0.05) is 13.1 Å². The Morgan fingerprint density at radius 3 is 2.46 bits per heavy atom. The minimum Gasteiger partial charge on any atom is -0.508 e. The van der Waals surface area contributed by atoms with Crippen molar-refractivity contribution in [1.29, 1.82) is 0 Å². The van der Waals surface area contributed by atoms with E-state index in [9.17, 15) is 29.4 Å². The molecule has 3 atom stereocenters. The first-order chi connectivity index (χ1) is 16.6. The third-order valence-corrected chi connectivity index (χ3v) is 5.58. The van der Waals surface area contributed by atoms with E-state index in [2.05, 4.69) is 15.6 Å². The zero-order valence-electron chi connectivity index (χ0n) is 19.4. The molecule has 0 spiro atoms. The van der Waals surface area contributed by atoms with Gasteiger partial charge in [0.2, 0.25) is 17.7 Å². The van der Waals surface area contributed by atoms with Crippen LogP contribution in [0.2, 0.25) is 0 Å². The largest absolute Gasteiger partial charge is 0.508 e. The van der Waals surface area contributed by atoms with E-state index in [1.54, 1.807) is 12.1 Å². The lowest BCUT2D eigenvalue weighted by atomic mass is 10.0. The van der Waals surface area contributed by atoms with Crippen LogP contribution in [0.15, 0.2) is 29.3 Å². The van der Waals surface area contributed by atoms with Crippen molar-refractivity contribution >= 4 is 29.7 Å². The first-order valence-electron chi connectivity index (χ1n) is 11.3. The summed E-state index contributed by atoms with van der Waals surface area (Å²) in [5.74, 6) is -2.80. The van der Waals surface area contributed by atoms with Crippen molar-refractivity contribution in [1.82, 2.24) is 15.5 Å². The molecule has 3 unspecified atom stereocenters. The highest BCUT2D eigenvalue weighted by atomic mass is 16.4. The first-order valence-corrected chi connectivity index (χ1v) is 11.3. The van der Waals surface area contributed by atoms with Crippen LogP contribution in [-0.4, -0.2) is 82.5 Å². The molecule has 0 aliphatic carbocycles. The monoisotopic (exact) mass is 491 g/mol. The van der Waals surface area contributed by atoms with Crippen molar-refractivity contribution in [2.24, 2.45) is 22.2 Å². The van der Waals surface area contributed by atoms with Crippen molar-refractivity contribution in [3.8, 4) is 5.75 Å². The lowest BCUT2D eigenvalue weighted by Gasteiger charge is -2.23. The van der Waals surface area contributed by atoms with E-state index >= 15 is 0 Å². The van der Waals surface area contributed by atoms with E-state index in [1.165, 1.54) is 17.0 Å². The summed E-state index contributed by atoms with van der Waals surface area (Å²) in [6.45, 7) is 0.132. The summed E-state index contributed by atoms with van der Waals surface area (Å²) in [7, 11) is 0. The minimum atomic E-state index is -1.09. The SMILES string of the molecule is NC(N)=NCCCC(NC(=O)C(N)Cc1ccc(O)cc1)C(=O)NCC(=O)N1CCCC1C(=O)O. The maximum atomic E-state index is 12.8. The molecule has 35 heavy (non-hydrogen) atoms. The van der Waals surface area contributed by atoms with E-state index in [-0.39, 0.29) is 31.1 Å². The smallest absolute Gasteiger partial charge is 0.326 e. The molecule has 1 fully saturated rings. The number of nitrogens with zero attached hydrogens (tertiary/aromatic N) is 2. The second-order valence-electron chi connectivity index (χ2n) is 8.29. The maximum Gasteiger partial charge on any atom is 0.326 e. The molecule has 3 amide bonds. The minimum absolute atomic E-state index is 0.0856. The van der Waals surface area contributed by atoms with Gasteiger partial charge < -0.3 is 42.9 Å². The Hall–Kier alpha value is -3.87. The van der Waals surface area contributed by atoms with Gasteiger partial charge in [0.05, 0.1) is 12.6 Å². The van der Waals surface area contributed by atoms with Crippen LogP contribution in [0.4, 0.5) is 0 Å². The molecule has 2 rings (SSSR count). The molecule has 0 aromatic heterocycles. The molecule has 1 aromatic carbocycles. The number of phenols is 1. The number of carbonyl (C=O) groups is 4. The fourth-order valence-corrected chi connectivity index (χ4v) is 3.74. The van der Waals surface area contributed by atoms with E-state index in [4.69, 9.17) is 17.2 Å². The molecular formula is C22H33N7O6. The summed E-state index contributed by atoms with van der Waals surface area (Å²) in [6.07, 6.45) is 1.65. The number of benzene rings is 1. The molecule has 13 heteroatoms. The predicted octanol–water partition coefficient (Wildman–Crippen LogP) is -2.01. The third-order valence-electron chi connectivity index (χ3n) is 5.58. The molecule has 1 saturated heterocycles. The molecule has 1 aliphatic rings. The number of likely N-dealkylation sites (tertiary alicyclic amines) is 1. The van der Waals surface area contributed by atoms with Crippen LogP contribution < -0.4 is 27.8 Å². The number of aliphatic imine (C=N–C) groups is 1. The Balaban J connectivity index is 1.97. The van der Waals surface area contributed by atoms with Crippen molar-refractivity contribution in [3.05, 3.63) is 29.8 Å². The van der Waals surface area contributed by atoms with Crippen molar-refractivity contribution in [2.45, 2.75) is 50.2 Å². The van der Waals surface area contributed by atoms with Crippen LogP contribution in [0.1, 0.15) is 31.2 Å². The number of nitrogens with one attached hydrogen (secondary N) is 2. The van der Waals surface area contributed by atoms with Gasteiger partial charge in [-0.3, -0.25) is 19.4 Å². The Labute approximate surface area is 202 Å². The number of amides is 3. The van der Waals surface area contributed by atoms with Crippen molar-refractivity contribution < 1.29 is 29.4 Å². The van der Waals surface area contributed by atoms with E-state index in [0.717, 1.165) is 5.56 Å². The Bertz CT molecular complexity index is 933. The third kappa shape index (κ3) is 8.77. The number of rotatable bonds is 12. The highest BCUT2D eigenvalue weighted by molar-refractivity contribution is 5.92. The van der Waals surface area contributed by atoms with Gasteiger partial charge in [-0.25, -0.2) is 4.79 Å². The van der Waals surface area contributed by atoms with Gasteiger partial charge in [0.1, 0.15) is 17.8 Å². The molecule has 1 aliphatic heterocycles. The van der Waals surface area contributed by atoms with Crippen LogP contribution in [0.25, 0.3) is 0 Å². The lowest BCUT2D eigenvalue weighted by Crippen LogP contribution is -2.53. The summed E-state index contributed by atoms with van der Waals surface area (Å²) in [4.78, 5) is 54.3. The normalized spacial score (nSPS) is 16.7. The second kappa shape index (κ2) is 13.1. The number of hydrogen-bond acceptors (Lipinski definition) is 7. The average molecular weight is 492 g/mol. The molecule has 10 N–H and O–H groups in total. The summed E-state index contributed by atoms with van der Waals surface area (Å²) < 4.78 is 0. The zero-order valence-corrected chi connectivity index (χ0v) is 19.4. The van der Waals surface area contributed by atoms with Crippen LogP contribution in [0, 0.1) is 0 Å². The van der Waals surface area contributed by atoms with E-state index in [0.29, 0.717) is 25.8 Å². The number of phenolic OH excluding ortho intramolecular Hbond substituents is 1. The molecule has 1 aromatic rings. The first kappa shape index (κ1) is 27.4. The summed E-state index contributed by atoms with van der Waals surface area (Å²) >= 11 is 0. The zero-order chi connectivity index (χ0) is 26.0. The maximum absolute atomic E-state index is 12.8. The summed E-state index contributed by atoms with van der Waals surface area (Å²) in [5, 5.41) is 23.7. The lowest BCUT2D eigenvalue weighted by molar-refractivity contribution is -0.148. The Kier molecular flexibility index (Phi) is 10.3. The van der Waals surface area contributed by atoms with Crippen LogP contribution in [0.3, 0.4) is 0 Å². The quantitative estimate of drug-likeness (QED) is 0.0972. The van der Waals surface area contributed by atoms with Gasteiger partial charge in [0.15, 0.2) is 5.96 Å². The number of carbonyl (C=O) groups excluding carboxylic acids is 3. The number of guanidine groups is 1. The highest BCUT2D eigenvalue weighted by Gasteiger charge is 2.34. The van der Waals surface area contributed by atoms with Crippen LogP contribution in [-0.2, 0) is 25.6 Å². The predicted molar refractivity (Wildman–Crippen MR) is 127 cm³/mol. The van der Waals surface area contributed by atoms with Crippen LogP contribution in [0.5, 0.6) is 5.75 Å². The fourth-order valence-electron chi connectivity index (χ4n) is 3.74. The number of hydrogen-bond donors (Lipinski definition) is 7. The molecule has 0 bridgehead atoms. The van der Waals surface area contributed by atoms with Crippen molar-refractivity contribution in [3.63, 3.8) is 0 Å². The van der Waals surface area contributed by atoms with Gasteiger partial charge in [-0.2, -0.15) is 0 Å². The molecule has 1 heterocycles. The van der Waals surface area contributed by atoms with Gasteiger partial charge in [0.25, 0.3) is 0 Å². The number of aromatic hydroxyl groups is 1. The van der Waals surface area contributed by atoms with Crippen molar-refractivity contribution in [2.75, 3.05) is 19.6 Å². The van der Waals surface area contributed by atoms with Gasteiger partial charge in [-0.05, 0) is 49.8 Å². The van der Waals surface area contributed by atoms with E-state index in [1.807, 2.05) is 0 Å². The molecule has 0 saturated carbocycles. The standard InChI is InChI=1S/C22H33N7O6/c23-15(11-13-5-7-14(30)8-6-13)19(32)28-16(3-1-9-26-22(24)25)20(33)27-12-18(31)29-10-2-4-17(29)21(34)35/h5-8,15-17,30H,1-4,9-12,23H2,(H,27,33)(H,28,32)(H,34,35)(H4,24,25,26). The Morgan fingerprint density at radius 1 is 1.14 bits per heavy atom. The number of aliphatic carboxylic acids is 1. The van der Waals surface area contributed by atoms with Gasteiger partial charge >= 0.3 is 5.97 Å². The van der Waals surface area contributed by atoms with Gasteiger partial charge in [-0.15, -0.1) is 0 Å². The highest BCUT2D eigenvalue weighted by Crippen LogP contribution is 2.17. The number of nitrogens with two attached hydrogens (primary N) is 3. The topological polar surface area (TPSA) is 226 Å². The van der Waals surface area contributed by atoms with E-state index < -0.39 is 48.4 Å².